The Morgan fingerprint density at radius 2 is 1.94 bits per heavy atom. The number of hydrogen-bond acceptors (Lipinski definition) is 6. The second-order valence-electron chi connectivity index (χ2n) is 7.74. The highest BCUT2D eigenvalue weighted by Gasteiger charge is 2.44. The van der Waals surface area contributed by atoms with Crippen LogP contribution in [0.25, 0.3) is 32.9 Å². The van der Waals surface area contributed by atoms with E-state index in [0.717, 1.165) is 32.9 Å². The molecule has 31 heavy (non-hydrogen) atoms. The van der Waals surface area contributed by atoms with Crippen LogP contribution in [0.3, 0.4) is 0 Å². The van der Waals surface area contributed by atoms with Gasteiger partial charge in [-0.05, 0) is 29.8 Å². The zero-order valence-electron chi connectivity index (χ0n) is 16.4. The molecule has 0 fully saturated rings. The zero-order chi connectivity index (χ0) is 21.0. The summed E-state index contributed by atoms with van der Waals surface area (Å²) in [6.45, 7) is 0. The molecule has 2 atom stereocenters. The number of aromatic amines is 1. The molecule has 0 radical (unpaired) electrons. The van der Waals surface area contributed by atoms with E-state index >= 15 is 0 Å². The third kappa shape index (κ3) is 2.82. The van der Waals surface area contributed by atoms with Crippen LogP contribution in [0.1, 0.15) is 29.3 Å². The summed E-state index contributed by atoms with van der Waals surface area (Å²) in [4.78, 5) is 16.8. The Morgan fingerprint density at radius 3 is 2.87 bits per heavy atom. The van der Waals surface area contributed by atoms with Crippen molar-refractivity contribution in [2.24, 2.45) is 0 Å². The van der Waals surface area contributed by atoms with Crippen LogP contribution in [0.4, 0.5) is 0 Å². The van der Waals surface area contributed by atoms with Crippen LogP contribution in [0, 0.1) is 0 Å². The van der Waals surface area contributed by atoms with Gasteiger partial charge in [0.05, 0.1) is 17.5 Å². The van der Waals surface area contributed by atoms with E-state index in [9.17, 15) is 10.2 Å². The molecule has 1 aromatic carbocycles. The summed E-state index contributed by atoms with van der Waals surface area (Å²) in [6.07, 6.45) is 4.79. The number of nitrogens with zero attached hydrogens (tertiary/aromatic N) is 3. The first-order valence-electron chi connectivity index (χ1n) is 9.98. The topological polar surface area (TPSA) is 94.9 Å². The summed E-state index contributed by atoms with van der Waals surface area (Å²) in [7, 11) is 0. The van der Waals surface area contributed by atoms with Crippen LogP contribution in [-0.2, 0) is 5.60 Å². The summed E-state index contributed by atoms with van der Waals surface area (Å²) in [5, 5.41) is 25.9. The van der Waals surface area contributed by atoms with Crippen LogP contribution >= 0.6 is 11.3 Å². The highest BCUT2D eigenvalue weighted by molar-refractivity contribution is 7.13. The summed E-state index contributed by atoms with van der Waals surface area (Å²) >= 11 is 1.57. The van der Waals surface area contributed by atoms with Crippen molar-refractivity contribution in [2.45, 2.75) is 18.1 Å². The van der Waals surface area contributed by atoms with Crippen LogP contribution < -0.4 is 0 Å². The van der Waals surface area contributed by atoms with Crippen molar-refractivity contribution >= 4 is 22.4 Å². The van der Waals surface area contributed by atoms with Crippen molar-refractivity contribution in [2.75, 3.05) is 0 Å². The van der Waals surface area contributed by atoms with Crippen molar-refractivity contribution in [3.63, 3.8) is 0 Å². The fraction of sp³-hybridized carbons (Fsp3) is 0.125. The molecule has 4 aromatic heterocycles. The molecule has 0 spiro atoms. The van der Waals surface area contributed by atoms with Gasteiger partial charge in [0.2, 0.25) is 0 Å². The first kappa shape index (κ1) is 18.4. The normalized spacial score (nSPS) is 20.3. The molecule has 1 aliphatic carbocycles. The van der Waals surface area contributed by atoms with Gasteiger partial charge in [-0.3, -0.25) is 4.98 Å². The van der Waals surface area contributed by atoms with Gasteiger partial charge in [-0.25, -0.2) is 9.97 Å². The maximum Gasteiger partial charge on any atom is 0.137 e. The average molecular weight is 427 g/mol. The van der Waals surface area contributed by atoms with Gasteiger partial charge in [0.25, 0.3) is 0 Å². The molecule has 152 valence electrons. The Bertz CT molecular complexity index is 1430. The standard InChI is InChI=1S/C24H18N4O2S/c29-20-11-24(30,21-17(20)7-3-8-25-21)15-5-1-4-14(10-15)19-13-31-23(28-19)18-12-27-22-16(18)6-2-9-26-22/h1-10,12-13,20,29-30H,11H2,(H,26,27). The second-order valence-corrected chi connectivity index (χ2v) is 8.60. The molecule has 6 rings (SSSR count). The molecular formula is C24H18N4O2S. The molecule has 3 N–H and O–H groups in total. The van der Waals surface area contributed by atoms with Crippen LogP contribution in [0.2, 0.25) is 0 Å². The van der Waals surface area contributed by atoms with E-state index in [4.69, 9.17) is 4.98 Å². The molecule has 0 bridgehead atoms. The molecule has 1 aliphatic rings. The van der Waals surface area contributed by atoms with Gasteiger partial charge in [-0.15, -0.1) is 11.3 Å². The summed E-state index contributed by atoms with van der Waals surface area (Å²) in [5.74, 6) is 0. The molecule has 6 nitrogen and oxygen atoms in total. The van der Waals surface area contributed by atoms with Gasteiger partial charge in [0.15, 0.2) is 0 Å². The number of rotatable bonds is 3. The maximum absolute atomic E-state index is 11.5. The lowest BCUT2D eigenvalue weighted by Gasteiger charge is -2.24. The molecule has 0 saturated heterocycles. The van der Waals surface area contributed by atoms with E-state index in [1.807, 2.05) is 54.0 Å². The van der Waals surface area contributed by atoms with Crippen LogP contribution in [-0.4, -0.2) is 30.1 Å². The van der Waals surface area contributed by atoms with E-state index in [1.54, 1.807) is 29.8 Å². The SMILES string of the molecule is OC1CC(O)(c2cccc(-c3csc(-c4c[nH]c5ncccc45)n3)c2)c2ncccc21. The monoisotopic (exact) mass is 426 g/mol. The van der Waals surface area contributed by atoms with Crippen molar-refractivity contribution in [3.05, 3.63) is 89.3 Å². The van der Waals surface area contributed by atoms with Crippen LogP contribution in [0.5, 0.6) is 0 Å². The van der Waals surface area contributed by atoms with Gasteiger partial charge in [0.1, 0.15) is 16.3 Å². The number of aromatic nitrogens is 4. The molecule has 0 saturated carbocycles. The van der Waals surface area contributed by atoms with E-state index < -0.39 is 11.7 Å². The van der Waals surface area contributed by atoms with Crippen LogP contribution in [0.15, 0.2) is 72.5 Å². The molecule has 2 unspecified atom stereocenters. The molecule has 7 heteroatoms. The van der Waals surface area contributed by atoms with Gasteiger partial charge in [0, 0.05) is 52.5 Å². The fourth-order valence-corrected chi connectivity index (χ4v) is 5.23. The lowest BCUT2D eigenvalue weighted by atomic mass is 9.89. The Balaban J connectivity index is 1.40. The van der Waals surface area contributed by atoms with Crippen molar-refractivity contribution in [1.82, 2.24) is 19.9 Å². The third-order valence-corrected chi connectivity index (χ3v) is 6.78. The number of aliphatic hydroxyl groups excluding tert-OH is 1. The number of H-pyrrole nitrogens is 1. The van der Waals surface area contributed by atoms with E-state index in [2.05, 4.69) is 15.0 Å². The molecule has 4 heterocycles. The Morgan fingerprint density at radius 1 is 1.06 bits per heavy atom. The quantitative estimate of drug-likeness (QED) is 0.397. The lowest BCUT2D eigenvalue weighted by Crippen LogP contribution is -2.25. The van der Waals surface area contributed by atoms with Crippen molar-refractivity contribution in [1.29, 1.82) is 0 Å². The van der Waals surface area contributed by atoms with E-state index in [0.29, 0.717) is 16.8 Å². The molecule has 0 aliphatic heterocycles. The number of thiazole rings is 1. The molecular weight excluding hydrogens is 408 g/mol. The average Bonchev–Trinajstić information content (AvgIpc) is 3.51. The maximum atomic E-state index is 11.5. The number of benzene rings is 1. The van der Waals surface area contributed by atoms with Crippen molar-refractivity contribution < 1.29 is 10.2 Å². The van der Waals surface area contributed by atoms with Gasteiger partial charge >= 0.3 is 0 Å². The predicted octanol–water partition coefficient (Wildman–Crippen LogP) is 4.42. The summed E-state index contributed by atoms with van der Waals surface area (Å²) in [6, 6.07) is 15.2. The van der Waals surface area contributed by atoms with Gasteiger partial charge < -0.3 is 15.2 Å². The lowest BCUT2D eigenvalue weighted by molar-refractivity contribution is 0.0389. The zero-order valence-corrected chi connectivity index (χ0v) is 17.2. The summed E-state index contributed by atoms with van der Waals surface area (Å²) < 4.78 is 0. The summed E-state index contributed by atoms with van der Waals surface area (Å²) in [5.41, 5.74) is 4.17. The third-order valence-electron chi connectivity index (χ3n) is 5.90. The Labute approximate surface area is 181 Å². The number of fused-ring (bicyclic) bond motifs is 2. The molecule has 5 aromatic rings. The number of aliphatic hydroxyl groups is 2. The smallest absolute Gasteiger partial charge is 0.137 e. The first-order valence-corrected chi connectivity index (χ1v) is 10.9. The Hall–Kier alpha value is -3.39. The minimum absolute atomic E-state index is 0.188. The van der Waals surface area contributed by atoms with Crippen molar-refractivity contribution in [3.8, 4) is 21.8 Å². The first-order chi connectivity index (χ1) is 15.1. The number of nitrogens with one attached hydrogen (secondary N) is 1. The highest BCUT2D eigenvalue weighted by atomic mass is 32.1. The fourth-order valence-electron chi connectivity index (χ4n) is 4.37. The van der Waals surface area contributed by atoms with Gasteiger partial charge in [-0.1, -0.05) is 24.3 Å². The number of hydrogen-bond donors (Lipinski definition) is 3. The van der Waals surface area contributed by atoms with E-state index in [-0.39, 0.29) is 6.42 Å². The predicted molar refractivity (Wildman–Crippen MR) is 119 cm³/mol. The second kappa shape index (κ2) is 6.81. The van der Waals surface area contributed by atoms with E-state index in [1.165, 1.54) is 0 Å². The Kier molecular flexibility index (Phi) is 4.04. The largest absolute Gasteiger partial charge is 0.388 e. The number of pyridine rings is 2. The minimum Gasteiger partial charge on any atom is -0.388 e. The minimum atomic E-state index is -1.33. The molecule has 0 amide bonds. The highest BCUT2D eigenvalue weighted by Crippen LogP contribution is 2.46. The van der Waals surface area contributed by atoms with Gasteiger partial charge in [-0.2, -0.15) is 0 Å².